The Morgan fingerprint density at radius 2 is 1.93 bits per heavy atom. The number of hydrogen-bond donors (Lipinski definition) is 0. The lowest BCUT2D eigenvalue weighted by Crippen LogP contribution is -2.34. The molecule has 4 rings (SSSR count). The molecular weight excluding hydrogens is 358 g/mol. The third-order valence-corrected chi connectivity index (χ3v) is 5.92. The molecule has 4 nitrogen and oxygen atoms in total. The van der Waals surface area contributed by atoms with E-state index in [1.807, 2.05) is 28.0 Å². The molecule has 1 aromatic heterocycles. The van der Waals surface area contributed by atoms with Crippen LogP contribution < -0.4 is 4.90 Å². The molecule has 1 atom stereocenters. The van der Waals surface area contributed by atoms with Crippen molar-refractivity contribution in [3.8, 4) is 0 Å². The zero-order valence-electron chi connectivity index (χ0n) is 17.5. The summed E-state index contributed by atoms with van der Waals surface area (Å²) >= 11 is 0. The summed E-state index contributed by atoms with van der Waals surface area (Å²) < 4.78 is 1.91. The van der Waals surface area contributed by atoms with Gasteiger partial charge < -0.3 is 4.90 Å². The minimum Gasteiger partial charge on any atom is -0.307 e. The number of benzene rings is 2. The fourth-order valence-corrected chi connectivity index (χ4v) is 4.18. The summed E-state index contributed by atoms with van der Waals surface area (Å²) in [5.74, 6) is 0.575. The number of hydrogen-bond acceptors (Lipinski definition) is 2. The van der Waals surface area contributed by atoms with Crippen LogP contribution in [0.4, 0.5) is 5.69 Å². The molecule has 0 aliphatic heterocycles. The Kier molecular flexibility index (Phi) is 5.52. The van der Waals surface area contributed by atoms with Gasteiger partial charge >= 0.3 is 0 Å². The van der Waals surface area contributed by atoms with Crippen LogP contribution in [0.5, 0.6) is 0 Å². The Balaban J connectivity index is 1.66. The highest BCUT2D eigenvalue weighted by atomic mass is 16.2. The van der Waals surface area contributed by atoms with Gasteiger partial charge in [0.2, 0.25) is 5.91 Å². The van der Waals surface area contributed by atoms with Gasteiger partial charge in [-0.2, -0.15) is 5.10 Å². The fraction of sp³-hybridized carbons (Fsp3) is 0.360. The van der Waals surface area contributed by atoms with Crippen molar-refractivity contribution < 1.29 is 4.79 Å². The third-order valence-electron chi connectivity index (χ3n) is 5.92. The lowest BCUT2D eigenvalue weighted by Gasteiger charge is -2.26. The average molecular weight is 388 g/mol. The fourth-order valence-electron chi connectivity index (χ4n) is 4.18. The second-order valence-corrected chi connectivity index (χ2v) is 8.16. The van der Waals surface area contributed by atoms with Gasteiger partial charge in [0.25, 0.3) is 0 Å². The summed E-state index contributed by atoms with van der Waals surface area (Å²) in [6.45, 7) is 7.81. The number of aromatic nitrogens is 2. The van der Waals surface area contributed by atoms with Gasteiger partial charge in [-0.15, -0.1) is 0 Å². The predicted octanol–water partition coefficient (Wildman–Crippen LogP) is 5.29. The zero-order valence-corrected chi connectivity index (χ0v) is 17.5. The average Bonchev–Trinajstić information content (AvgIpc) is 3.38. The van der Waals surface area contributed by atoms with E-state index < -0.39 is 0 Å². The number of nitrogens with zero attached hydrogens (tertiary/aromatic N) is 3. The van der Waals surface area contributed by atoms with Gasteiger partial charge in [0.1, 0.15) is 0 Å². The van der Waals surface area contributed by atoms with Crippen LogP contribution in [-0.2, 0) is 24.3 Å². The number of carbonyl (C=O) groups is 1. The first-order chi connectivity index (χ1) is 14.1. The first-order valence-electron chi connectivity index (χ1n) is 10.6. The molecule has 1 amide bonds. The van der Waals surface area contributed by atoms with Crippen molar-refractivity contribution in [3.63, 3.8) is 0 Å². The number of amides is 1. The number of aryl methyl sites for hydroxylation is 2. The summed E-state index contributed by atoms with van der Waals surface area (Å²) in [6, 6.07) is 16.8. The van der Waals surface area contributed by atoms with Crippen molar-refractivity contribution in [2.75, 3.05) is 4.90 Å². The topological polar surface area (TPSA) is 38.1 Å². The monoisotopic (exact) mass is 387 g/mol. The maximum absolute atomic E-state index is 13.7. The highest BCUT2D eigenvalue weighted by Gasteiger charge is 2.32. The number of fused-ring (bicyclic) bond motifs is 1. The number of rotatable bonds is 6. The van der Waals surface area contributed by atoms with Gasteiger partial charge in [0, 0.05) is 24.0 Å². The maximum Gasteiger partial charge on any atom is 0.234 e. The minimum atomic E-state index is -0.0720. The van der Waals surface area contributed by atoms with Crippen LogP contribution in [0.15, 0.2) is 60.9 Å². The molecule has 0 bridgehead atoms. The van der Waals surface area contributed by atoms with E-state index >= 15 is 0 Å². The highest BCUT2D eigenvalue weighted by molar-refractivity contribution is 5.98. The molecule has 3 aromatic rings. The van der Waals surface area contributed by atoms with Gasteiger partial charge in [-0.05, 0) is 54.5 Å². The molecule has 1 aliphatic rings. The Bertz CT molecular complexity index is 987. The zero-order chi connectivity index (χ0) is 20.4. The molecule has 150 valence electrons. The van der Waals surface area contributed by atoms with Crippen LogP contribution >= 0.6 is 0 Å². The number of carbonyl (C=O) groups excluding carboxylic acids is 1. The summed E-state index contributed by atoms with van der Waals surface area (Å²) in [6.07, 6.45) is 5.76. The summed E-state index contributed by atoms with van der Waals surface area (Å²) in [4.78, 5) is 15.6. The van der Waals surface area contributed by atoms with Crippen molar-refractivity contribution in [1.29, 1.82) is 0 Å². The van der Waals surface area contributed by atoms with Crippen LogP contribution in [-0.4, -0.2) is 15.7 Å². The van der Waals surface area contributed by atoms with Crippen LogP contribution in [0.25, 0.3) is 0 Å². The lowest BCUT2D eigenvalue weighted by atomic mass is 9.98. The van der Waals surface area contributed by atoms with E-state index in [-0.39, 0.29) is 11.8 Å². The molecule has 0 saturated heterocycles. The van der Waals surface area contributed by atoms with Crippen LogP contribution in [0, 0.1) is 0 Å². The van der Waals surface area contributed by atoms with Crippen molar-refractivity contribution in [3.05, 3.63) is 83.2 Å². The molecule has 29 heavy (non-hydrogen) atoms. The summed E-state index contributed by atoms with van der Waals surface area (Å²) in [5, 5.41) is 4.39. The lowest BCUT2D eigenvalue weighted by molar-refractivity contribution is -0.120. The molecule has 0 fully saturated rings. The Hall–Kier alpha value is -2.88. The quantitative estimate of drug-likeness (QED) is 0.576. The second kappa shape index (κ2) is 8.24. The molecule has 0 saturated carbocycles. The molecule has 1 unspecified atom stereocenters. The van der Waals surface area contributed by atoms with E-state index in [1.165, 1.54) is 16.7 Å². The molecule has 1 heterocycles. The molecule has 4 heteroatoms. The second-order valence-electron chi connectivity index (χ2n) is 8.16. The van der Waals surface area contributed by atoms with Crippen molar-refractivity contribution in [2.24, 2.45) is 0 Å². The first-order valence-corrected chi connectivity index (χ1v) is 10.6. The first kappa shape index (κ1) is 19.4. The molecule has 0 radical (unpaired) electrons. The SMILES string of the molecule is CCn1cc(CN(C(=O)C2CCc3ccccc32)c2ccc(C(C)C)cc2)cn1. The van der Waals surface area contributed by atoms with E-state index in [1.54, 1.807) is 0 Å². The van der Waals surface area contributed by atoms with E-state index in [9.17, 15) is 4.79 Å². The third kappa shape index (κ3) is 3.98. The van der Waals surface area contributed by atoms with E-state index in [0.717, 1.165) is 30.6 Å². The molecule has 2 aromatic carbocycles. The largest absolute Gasteiger partial charge is 0.307 e. The molecule has 0 N–H and O–H groups in total. The van der Waals surface area contributed by atoms with E-state index in [2.05, 4.69) is 68.3 Å². The minimum absolute atomic E-state index is 0.0720. The van der Waals surface area contributed by atoms with Gasteiger partial charge in [0.05, 0.1) is 18.7 Å². The Morgan fingerprint density at radius 3 is 2.62 bits per heavy atom. The van der Waals surface area contributed by atoms with E-state index in [0.29, 0.717) is 12.5 Å². The highest BCUT2D eigenvalue weighted by Crippen LogP contribution is 2.36. The smallest absolute Gasteiger partial charge is 0.234 e. The van der Waals surface area contributed by atoms with E-state index in [4.69, 9.17) is 0 Å². The van der Waals surface area contributed by atoms with Crippen LogP contribution in [0.3, 0.4) is 0 Å². The predicted molar refractivity (Wildman–Crippen MR) is 117 cm³/mol. The van der Waals surface area contributed by atoms with Crippen molar-refractivity contribution >= 4 is 11.6 Å². The number of anilines is 1. The summed E-state index contributed by atoms with van der Waals surface area (Å²) in [7, 11) is 0. The molecule has 0 spiro atoms. The van der Waals surface area contributed by atoms with Gasteiger partial charge in [-0.3, -0.25) is 9.48 Å². The van der Waals surface area contributed by atoms with Gasteiger partial charge in [-0.25, -0.2) is 0 Å². The normalized spacial score (nSPS) is 15.5. The Morgan fingerprint density at radius 1 is 1.17 bits per heavy atom. The van der Waals surface area contributed by atoms with Crippen molar-refractivity contribution in [1.82, 2.24) is 9.78 Å². The van der Waals surface area contributed by atoms with Crippen LogP contribution in [0.1, 0.15) is 61.3 Å². The van der Waals surface area contributed by atoms with Crippen LogP contribution in [0.2, 0.25) is 0 Å². The maximum atomic E-state index is 13.7. The molecule has 1 aliphatic carbocycles. The Labute approximate surface area is 173 Å². The van der Waals surface area contributed by atoms with Gasteiger partial charge in [0.15, 0.2) is 0 Å². The standard InChI is InChI=1S/C25H29N3O/c1-4-27-16-19(15-26-27)17-28(22-12-9-20(10-13-22)18(2)3)25(29)24-14-11-21-7-5-6-8-23(21)24/h5-10,12-13,15-16,18,24H,4,11,14,17H2,1-3H3. The van der Waals surface area contributed by atoms with Gasteiger partial charge in [-0.1, -0.05) is 50.2 Å². The summed E-state index contributed by atoms with van der Waals surface area (Å²) in [5.41, 5.74) is 5.78. The van der Waals surface area contributed by atoms with Crippen molar-refractivity contribution in [2.45, 2.75) is 58.5 Å². The molecular formula is C25H29N3O.